The fourth-order valence-corrected chi connectivity index (χ4v) is 1.73. The van der Waals surface area contributed by atoms with Crippen LogP contribution in [0.5, 0.6) is 0 Å². The molecule has 0 aromatic heterocycles. The standard InChI is InChI=1S/C13H24O3/c1-6-13(4,5)12-7-11(10(3)16-12)15-8-9(2)14/h10-12H,6-8H2,1-5H3/t10?,11-,12?/m1/s1/i7T/t7?,10?,11-,12?. The molecule has 0 aromatic rings. The molecular weight excluding hydrogens is 204 g/mol. The second-order valence-electron chi connectivity index (χ2n) is 5.27. The number of Topliss-reactive ketones (excluding diaryl/α,β-unsaturated/α-hetero) is 1. The maximum absolute atomic E-state index is 10.9. The molecule has 1 aliphatic rings. The molecule has 0 saturated carbocycles. The molecule has 3 nitrogen and oxygen atoms in total. The lowest BCUT2D eigenvalue weighted by molar-refractivity contribution is -0.124. The zero-order chi connectivity index (χ0) is 13.2. The lowest BCUT2D eigenvalue weighted by Gasteiger charge is -2.29. The molecule has 0 bridgehead atoms. The van der Waals surface area contributed by atoms with E-state index in [0.717, 1.165) is 6.42 Å². The lowest BCUT2D eigenvalue weighted by atomic mass is 9.82. The molecule has 0 aromatic carbocycles. The van der Waals surface area contributed by atoms with Gasteiger partial charge in [0.1, 0.15) is 6.61 Å². The molecule has 4 atom stereocenters. The molecule has 1 heterocycles. The second-order valence-corrected chi connectivity index (χ2v) is 5.27. The summed E-state index contributed by atoms with van der Waals surface area (Å²) in [6.07, 6.45) is 0.000274. The van der Waals surface area contributed by atoms with Gasteiger partial charge in [-0.2, -0.15) is 0 Å². The van der Waals surface area contributed by atoms with E-state index in [1.807, 2.05) is 6.92 Å². The first-order valence-corrected chi connectivity index (χ1v) is 5.98. The van der Waals surface area contributed by atoms with Crippen LogP contribution >= 0.6 is 0 Å². The summed E-state index contributed by atoms with van der Waals surface area (Å²) in [6, 6.07) is 0. The Bertz CT molecular complexity index is 278. The Morgan fingerprint density at radius 3 is 2.75 bits per heavy atom. The van der Waals surface area contributed by atoms with E-state index in [-0.39, 0.29) is 36.1 Å². The van der Waals surface area contributed by atoms with Crippen molar-refractivity contribution >= 4 is 5.78 Å². The van der Waals surface area contributed by atoms with E-state index in [2.05, 4.69) is 20.8 Å². The second kappa shape index (κ2) is 5.28. The molecule has 1 fully saturated rings. The van der Waals surface area contributed by atoms with Crippen LogP contribution in [0.25, 0.3) is 0 Å². The molecule has 1 aliphatic heterocycles. The zero-order valence-electron chi connectivity index (χ0n) is 11.9. The monoisotopic (exact) mass is 230 g/mol. The molecule has 94 valence electrons. The van der Waals surface area contributed by atoms with Crippen molar-refractivity contribution in [3.05, 3.63) is 0 Å². The average Bonchev–Trinajstić information content (AvgIpc) is 2.52. The normalized spacial score (nSPS) is 36.2. The molecule has 0 N–H and O–H groups in total. The van der Waals surface area contributed by atoms with Crippen LogP contribution in [0.1, 0.15) is 48.8 Å². The fraction of sp³-hybridized carbons (Fsp3) is 0.923. The Kier molecular flexibility index (Phi) is 3.98. The van der Waals surface area contributed by atoms with Crippen molar-refractivity contribution in [1.82, 2.24) is 0 Å². The summed E-state index contributed by atoms with van der Waals surface area (Å²) in [7, 11) is 0. The number of rotatable bonds is 5. The molecule has 1 saturated heterocycles. The first kappa shape index (κ1) is 12.1. The molecule has 3 unspecified atom stereocenters. The third-order valence-electron chi connectivity index (χ3n) is 3.35. The van der Waals surface area contributed by atoms with Gasteiger partial charge in [-0.25, -0.2) is 0 Å². The smallest absolute Gasteiger partial charge is 0.155 e. The van der Waals surface area contributed by atoms with E-state index in [1.165, 1.54) is 6.92 Å². The van der Waals surface area contributed by atoms with Gasteiger partial charge in [-0.15, -0.1) is 0 Å². The van der Waals surface area contributed by atoms with Crippen molar-refractivity contribution < 1.29 is 15.6 Å². The summed E-state index contributed by atoms with van der Waals surface area (Å²) in [4.78, 5) is 10.9. The van der Waals surface area contributed by atoms with Crippen LogP contribution in [0, 0.1) is 5.41 Å². The summed E-state index contributed by atoms with van der Waals surface area (Å²) in [5.74, 6) is -0.0115. The van der Waals surface area contributed by atoms with E-state index < -0.39 is 6.40 Å². The Hall–Kier alpha value is -0.410. The van der Waals surface area contributed by atoms with Crippen LogP contribution in [-0.4, -0.2) is 30.7 Å². The Labute approximate surface area is 99.9 Å². The van der Waals surface area contributed by atoms with Gasteiger partial charge in [0, 0.05) is 7.77 Å². The number of ether oxygens (including phenoxy) is 2. The van der Waals surface area contributed by atoms with E-state index in [1.54, 1.807) is 0 Å². The number of hydrogen-bond acceptors (Lipinski definition) is 3. The minimum atomic E-state index is -0.417. The predicted molar refractivity (Wildman–Crippen MR) is 63.4 cm³/mol. The van der Waals surface area contributed by atoms with Gasteiger partial charge in [-0.1, -0.05) is 20.8 Å². The fourth-order valence-electron chi connectivity index (χ4n) is 1.73. The van der Waals surface area contributed by atoms with E-state index in [9.17, 15) is 4.79 Å². The van der Waals surface area contributed by atoms with Crippen LogP contribution in [0.4, 0.5) is 0 Å². The van der Waals surface area contributed by atoms with Crippen LogP contribution in [0.2, 0.25) is 0 Å². The number of hydrogen-bond donors (Lipinski definition) is 0. The Morgan fingerprint density at radius 1 is 1.62 bits per heavy atom. The minimum absolute atomic E-state index is 0.0115. The van der Waals surface area contributed by atoms with Gasteiger partial charge in [0.15, 0.2) is 5.78 Å². The Morgan fingerprint density at radius 2 is 2.25 bits per heavy atom. The molecular formula is C13H24O3. The van der Waals surface area contributed by atoms with Gasteiger partial charge in [0.2, 0.25) is 0 Å². The van der Waals surface area contributed by atoms with Crippen molar-refractivity contribution in [3.8, 4) is 0 Å². The molecule has 0 aliphatic carbocycles. The van der Waals surface area contributed by atoms with Crippen molar-refractivity contribution in [2.24, 2.45) is 5.41 Å². The quantitative estimate of drug-likeness (QED) is 0.728. The van der Waals surface area contributed by atoms with Crippen molar-refractivity contribution in [2.75, 3.05) is 6.61 Å². The molecule has 16 heavy (non-hydrogen) atoms. The summed E-state index contributed by atoms with van der Waals surface area (Å²) in [6.45, 7) is 9.81. The van der Waals surface area contributed by atoms with E-state index in [0.29, 0.717) is 0 Å². The van der Waals surface area contributed by atoms with Gasteiger partial charge in [0.05, 0.1) is 18.3 Å². The summed E-state index contributed by atoms with van der Waals surface area (Å²) < 4.78 is 19.6. The van der Waals surface area contributed by atoms with Crippen molar-refractivity contribution in [1.29, 1.82) is 0 Å². The number of carbonyl (C=O) groups is 1. The maximum atomic E-state index is 10.9. The predicted octanol–water partition coefficient (Wildman–Crippen LogP) is 2.57. The minimum Gasteiger partial charge on any atom is -0.372 e. The van der Waals surface area contributed by atoms with Crippen LogP contribution in [0.3, 0.4) is 0 Å². The summed E-state index contributed by atoms with van der Waals surface area (Å²) in [5, 5.41) is 0. The highest BCUT2D eigenvalue weighted by Crippen LogP contribution is 2.37. The molecule has 0 spiro atoms. The number of ketones is 1. The SMILES string of the molecule is [3H]C1C(C(C)(C)CC)OC(C)[C@@H]1OCC(C)=O. The first-order chi connectivity index (χ1) is 7.79. The summed E-state index contributed by atoms with van der Waals surface area (Å²) in [5.41, 5.74) is -0.0327. The third kappa shape index (κ3) is 3.29. The van der Waals surface area contributed by atoms with Crippen molar-refractivity contribution in [2.45, 2.75) is 65.7 Å². The molecule has 3 heteroatoms. The van der Waals surface area contributed by atoms with E-state index >= 15 is 0 Å². The van der Waals surface area contributed by atoms with Crippen molar-refractivity contribution in [3.63, 3.8) is 0 Å². The van der Waals surface area contributed by atoms with Gasteiger partial charge in [0.25, 0.3) is 0 Å². The van der Waals surface area contributed by atoms with Gasteiger partial charge in [-0.3, -0.25) is 4.79 Å². The molecule has 1 rings (SSSR count). The largest absolute Gasteiger partial charge is 0.372 e. The van der Waals surface area contributed by atoms with Crippen LogP contribution in [0.15, 0.2) is 0 Å². The average molecular weight is 230 g/mol. The highest BCUT2D eigenvalue weighted by atomic mass is 16.6. The molecule has 0 amide bonds. The zero-order valence-corrected chi connectivity index (χ0v) is 10.9. The van der Waals surface area contributed by atoms with Gasteiger partial charge < -0.3 is 9.47 Å². The topological polar surface area (TPSA) is 35.5 Å². The number of carbonyl (C=O) groups excluding carboxylic acids is 1. The van der Waals surface area contributed by atoms with Crippen LogP contribution in [-0.2, 0) is 14.3 Å². The third-order valence-corrected chi connectivity index (χ3v) is 3.35. The lowest BCUT2D eigenvalue weighted by Crippen LogP contribution is -2.28. The van der Waals surface area contributed by atoms with E-state index in [4.69, 9.17) is 10.8 Å². The molecule has 0 radical (unpaired) electrons. The van der Waals surface area contributed by atoms with Gasteiger partial charge in [-0.05, 0) is 25.7 Å². The van der Waals surface area contributed by atoms with Crippen LogP contribution < -0.4 is 0 Å². The highest BCUT2D eigenvalue weighted by molar-refractivity contribution is 5.76. The maximum Gasteiger partial charge on any atom is 0.155 e. The first-order valence-electron chi connectivity index (χ1n) is 6.56. The summed E-state index contributed by atoms with van der Waals surface area (Å²) >= 11 is 0. The van der Waals surface area contributed by atoms with Gasteiger partial charge >= 0.3 is 0 Å². The Balaban J connectivity index is 2.68. The highest BCUT2D eigenvalue weighted by Gasteiger charge is 2.40.